The minimum atomic E-state index is -0.204. The van der Waals surface area contributed by atoms with E-state index in [0.29, 0.717) is 43.5 Å². The topological polar surface area (TPSA) is 123 Å². The van der Waals surface area contributed by atoms with Gasteiger partial charge in [0.1, 0.15) is 5.82 Å². The van der Waals surface area contributed by atoms with Crippen molar-refractivity contribution in [3.05, 3.63) is 40.6 Å². The summed E-state index contributed by atoms with van der Waals surface area (Å²) < 4.78 is 12.1. The Morgan fingerprint density at radius 3 is 3.11 bits per heavy atom. The number of hydrogen-bond acceptors (Lipinski definition) is 7. The van der Waals surface area contributed by atoms with Gasteiger partial charge in [0.25, 0.3) is 0 Å². The summed E-state index contributed by atoms with van der Waals surface area (Å²) in [5, 5.41) is 10.6. The highest BCUT2D eigenvalue weighted by molar-refractivity contribution is 5.76. The van der Waals surface area contributed by atoms with E-state index in [2.05, 4.69) is 20.3 Å². The number of hydrogen-bond donors (Lipinski definition) is 1. The maximum absolute atomic E-state index is 12.7. The normalized spacial score (nSPS) is 17.2. The summed E-state index contributed by atoms with van der Waals surface area (Å²) in [6.07, 6.45) is 3.98. The van der Waals surface area contributed by atoms with Gasteiger partial charge in [-0.2, -0.15) is 10.1 Å². The smallest absolute Gasteiger partial charge is 0.343 e. The van der Waals surface area contributed by atoms with Crippen LogP contribution in [0, 0.1) is 0 Å². The predicted molar refractivity (Wildman–Crippen MR) is 97.4 cm³/mol. The fourth-order valence-corrected chi connectivity index (χ4v) is 3.60. The molecule has 10 nitrogen and oxygen atoms in total. The number of nitrogens with zero attached hydrogens (tertiary/aromatic N) is 5. The Hall–Kier alpha value is -3.17. The van der Waals surface area contributed by atoms with Crippen LogP contribution >= 0.6 is 0 Å². The second kappa shape index (κ2) is 7.83. The van der Waals surface area contributed by atoms with Crippen LogP contribution in [-0.2, 0) is 17.8 Å². The van der Waals surface area contributed by atoms with Crippen molar-refractivity contribution in [1.82, 2.24) is 29.8 Å². The summed E-state index contributed by atoms with van der Waals surface area (Å²) in [5.41, 5.74) is -0.204. The van der Waals surface area contributed by atoms with Crippen LogP contribution in [0.25, 0.3) is 11.6 Å². The molecule has 0 aromatic carbocycles. The first-order chi connectivity index (χ1) is 13.7. The molecule has 1 aliphatic rings. The SMILES string of the molecule is CCn1c(C2CCCN(C(=O)CCc3nc(-c4ccco4)no3)C2)n[nH]c1=O. The third-order valence-electron chi connectivity index (χ3n) is 5.01. The molecular formula is C18H22N6O4. The summed E-state index contributed by atoms with van der Waals surface area (Å²) in [7, 11) is 0. The molecule has 3 aromatic rings. The van der Waals surface area contributed by atoms with Crippen molar-refractivity contribution in [3.8, 4) is 11.6 Å². The van der Waals surface area contributed by atoms with Crippen LogP contribution < -0.4 is 5.69 Å². The minimum Gasteiger partial charge on any atom is -0.461 e. The van der Waals surface area contributed by atoms with E-state index in [1.54, 1.807) is 23.0 Å². The number of aromatic nitrogens is 5. The van der Waals surface area contributed by atoms with Crippen LogP contribution in [-0.4, -0.2) is 48.8 Å². The predicted octanol–water partition coefficient (Wildman–Crippen LogP) is 1.57. The Kier molecular flexibility index (Phi) is 5.09. The third-order valence-corrected chi connectivity index (χ3v) is 5.01. The maximum Gasteiger partial charge on any atom is 0.343 e. The first-order valence-corrected chi connectivity index (χ1v) is 9.45. The highest BCUT2D eigenvalue weighted by Crippen LogP contribution is 2.25. The van der Waals surface area contributed by atoms with Gasteiger partial charge in [0, 0.05) is 38.4 Å². The summed E-state index contributed by atoms with van der Waals surface area (Å²) in [5.74, 6) is 2.13. The zero-order chi connectivity index (χ0) is 19.5. The number of piperidine rings is 1. The lowest BCUT2D eigenvalue weighted by molar-refractivity contribution is -0.132. The summed E-state index contributed by atoms with van der Waals surface area (Å²) in [6.45, 7) is 3.74. The zero-order valence-corrected chi connectivity index (χ0v) is 15.6. The standard InChI is InChI=1S/C18H22N6O4/c1-2-24-17(20-21-18(24)26)12-5-3-9-23(11-12)15(25)8-7-14-19-16(22-28-14)13-6-4-10-27-13/h4,6,10,12H,2-3,5,7-9,11H2,1H3,(H,21,26). The molecule has 1 saturated heterocycles. The second-order valence-electron chi connectivity index (χ2n) is 6.80. The van der Waals surface area contributed by atoms with E-state index in [4.69, 9.17) is 8.94 Å². The number of carbonyl (C=O) groups excluding carboxylic acids is 1. The van der Waals surface area contributed by atoms with E-state index < -0.39 is 0 Å². The average Bonchev–Trinajstić information content (AvgIpc) is 3.46. The number of aromatic amines is 1. The lowest BCUT2D eigenvalue weighted by Gasteiger charge is -2.32. The summed E-state index contributed by atoms with van der Waals surface area (Å²) in [6, 6.07) is 3.50. The molecule has 148 valence electrons. The Morgan fingerprint density at radius 1 is 1.43 bits per heavy atom. The van der Waals surface area contributed by atoms with Crippen LogP contribution in [0.2, 0.25) is 0 Å². The van der Waals surface area contributed by atoms with Crippen molar-refractivity contribution < 1.29 is 13.7 Å². The summed E-state index contributed by atoms with van der Waals surface area (Å²) >= 11 is 0. The number of likely N-dealkylation sites (tertiary alicyclic amines) is 1. The van der Waals surface area contributed by atoms with Gasteiger partial charge in [0.15, 0.2) is 5.76 Å². The largest absolute Gasteiger partial charge is 0.461 e. The quantitative estimate of drug-likeness (QED) is 0.682. The molecule has 4 heterocycles. The van der Waals surface area contributed by atoms with Gasteiger partial charge in [-0.1, -0.05) is 5.16 Å². The van der Waals surface area contributed by atoms with Crippen molar-refractivity contribution in [3.63, 3.8) is 0 Å². The molecule has 0 radical (unpaired) electrons. The summed E-state index contributed by atoms with van der Waals surface area (Å²) in [4.78, 5) is 30.6. The molecule has 1 atom stereocenters. The van der Waals surface area contributed by atoms with Crippen LogP contribution in [0.15, 0.2) is 32.1 Å². The third kappa shape index (κ3) is 3.62. The van der Waals surface area contributed by atoms with Gasteiger partial charge in [-0.3, -0.25) is 9.36 Å². The number of H-pyrrole nitrogens is 1. The van der Waals surface area contributed by atoms with Gasteiger partial charge in [0.05, 0.1) is 6.26 Å². The first kappa shape index (κ1) is 18.2. The van der Waals surface area contributed by atoms with E-state index in [-0.39, 0.29) is 23.9 Å². The van der Waals surface area contributed by atoms with Crippen molar-refractivity contribution >= 4 is 5.91 Å². The van der Waals surface area contributed by atoms with Gasteiger partial charge >= 0.3 is 5.69 Å². The van der Waals surface area contributed by atoms with Crippen molar-refractivity contribution in [2.75, 3.05) is 13.1 Å². The van der Waals surface area contributed by atoms with Crippen LogP contribution in [0.5, 0.6) is 0 Å². The monoisotopic (exact) mass is 386 g/mol. The van der Waals surface area contributed by atoms with E-state index in [1.165, 1.54) is 0 Å². The molecule has 0 bridgehead atoms. The lowest BCUT2D eigenvalue weighted by atomic mass is 9.96. The van der Waals surface area contributed by atoms with Crippen molar-refractivity contribution in [2.24, 2.45) is 0 Å². The van der Waals surface area contributed by atoms with Gasteiger partial charge in [-0.05, 0) is 31.9 Å². The number of amides is 1. The molecule has 10 heteroatoms. The second-order valence-corrected chi connectivity index (χ2v) is 6.80. The van der Waals surface area contributed by atoms with Gasteiger partial charge in [-0.25, -0.2) is 9.89 Å². The molecule has 3 aromatic heterocycles. The minimum absolute atomic E-state index is 0.0309. The average molecular weight is 386 g/mol. The lowest BCUT2D eigenvalue weighted by Crippen LogP contribution is -2.40. The maximum atomic E-state index is 12.7. The van der Waals surface area contributed by atoms with Gasteiger partial charge < -0.3 is 13.8 Å². The van der Waals surface area contributed by atoms with E-state index in [1.807, 2.05) is 11.8 Å². The zero-order valence-electron chi connectivity index (χ0n) is 15.6. The Bertz CT molecular complexity index is 986. The molecule has 28 heavy (non-hydrogen) atoms. The molecule has 1 amide bonds. The number of aryl methyl sites for hydroxylation is 1. The molecule has 1 N–H and O–H groups in total. The molecule has 0 aliphatic carbocycles. The fourth-order valence-electron chi connectivity index (χ4n) is 3.60. The van der Waals surface area contributed by atoms with E-state index in [9.17, 15) is 9.59 Å². The molecule has 0 saturated carbocycles. The molecule has 1 aliphatic heterocycles. The Morgan fingerprint density at radius 2 is 2.32 bits per heavy atom. The van der Waals surface area contributed by atoms with Gasteiger partial charge in [0.2, 0.25) is 17.6 Å². The Balaban J connectivity index is 1.36. The van der Waals surface area contributed by atoms with Gasteiger partial charge in [-0.15, -0.1) is 0 Å². The highest BCUT2D eigenvalue weighted by Gasteiger charge is 2.28. The number of nitrogens with one attached hydrogen (secondary N) is 1. The van der Waals surface area contributed by atoms with Crippen LogP contribution in [0.1, 0.15) is 43.8 Å². The number of furan rings is 1. The molecule has 1 unspecified atom stereocenters. The molecule has 0 spiro atoms. The van der Waals surface area contributed by atoms with Crippen molar-refractivity contribution in [1.29, 1.82) is 0 Å². The number of carbonyl (C=O) groups is 1. The number of rotatable bonds is 6. The fraction of sp³-hybridized carbons (Fsp3) is 0.500. The van der Waals surface area contributed by atoms with Crippen LogP contribution in [0.4, 0.5) is 0 Å². The first-order valence-electron chi connectivity index (χ1n) is 9.45. The molecular weight excluding hydrogens is 364 g/mol. The molecule has 1 fully saturated rings. The van der Waals surface area contributed by atoms with E-state index in [0.717, 1.165) is 18.7 Å². The van der Waals surface area contributed by atoms with E-state index >= 15 is 0 Å². The van der Waals surface area contributed by atoms with Crippen molar-refractivity contribution in [2.45, 2.75) is 45.1 Å². The van der Waals surface area contributed by atoms with Crippen LogP contribution in [0.3, 0.4) is 0 Å². The molecule has 4 rings (SSSR count). The highest BCUT2D eigenvalue weighted by atomic mass is 16.5. The Labute approximate surface area is 160 Å².